The molecule has 1 fully saturated rings. The Morgan fingerprint density at radius 3 is 2.38 bits per heavy atom. The van der Waals surface area contributed by atoms with E-state index in [9.17, 15) is 19.2 Å². The van der Waals surface area contributed by atoms with Crippen LogP contribution < -0.4 is 20.5 Å². The molecular formula is C38H59N5O10. The van der Waals surface area contributed by atoms with Gasteiger partial charge in [0.25, 0.3) is 0 Å². The van der Waals surface area contributed by atoms with E-state index in [1.165, 1.54) is 17.4 Å². The third kappa shape index (κ3) is 12.6. The fourth-order valence-electron chi connectivity index (χ4n) is 6.09. The maximum atomic E-state index is 13.6. The first-order valence-corrected chi connectivity index (χ1v) is 18.1. The lowest BCUT2D eigenvalue weighted by molar-refractivity contribution is -0.130. The first-order chi connectivity index (χ1) is 25.1. The molecule has 296 valence electrons. The number of imidazole rings is 1. The lowest BCUT2D eigenvalue weighted by Gasteiger charge is -2.33. The van der Waals surface area contributed by atoms with E-state index in [4.69, 9.17) is 34.2 Å². The molecule has 1 saturated heterocycles. The number of esters is 1. The number of carbonyl (C=O) groups excluding carboxylic acids is 4. The Balaban J connectivity index is 1.84. The van der Waals surface area contributed by atoms with E-state index >= 15 is 0 Å². The van der Waals surface area contributed by atoms with Crippen LogP contribution in [0.15, 0.2) is 30.7 Å². The maximum absolute atomic E-state index is 13.6. The zero-order valence-electron chi connectivity index (χ0n) is 32.7. The van der Waals surface area contributed by atoms with Gasteiger partial charge in [0.05, 0.1) is 37.6 Å². The highest BCUT2D eigenvalue weighted by Crippen LogP contribution is 2.36. The van der Waals surface area contributed by atoms with Gasteiger partial charge in [-0.15, -0.1) is 0 Å². The number of carbonyl (C=O) groups is 4. The molecule has 15 nitrogen and oxygen atoms in total. The van der Waals surface area contributed by atoms with Crippen molar-refractivity contribution >= 4 is 23.9 Å². The van der Waals surface area contributed by atoms with Crippen molar-refractivity contribution in [3.63, 3.8) is 0 Å². The van der Waals surface area contributed by atoms with Crippen LogP contribution >= 0.6 is 0 Å². The fraction of sp³-hybridized carbons (Fsp3) is 0.658. The number of nitrogens with zero attached hydrogens (tertiary/aromatic N) is 3. The van der Waals surface area contributed by atoms with Crippen molar-refractivity contribution in [3.8, 4) is 11.5 Å². The number of aryl methyl sites for hydroxylation is 1. The second-order valence-corrected chi connectivity index (χ2v) is 14.9. The molecule has 15 heteroatoms. The van der Waals surface area contributed by atoms with E-state index in [1.807, 2.05) is 32.0 Å². The summed E-state index contributed by atoms with van der Waals surface area (Å²) in [5.74, 6) is -0.496. The van der Waals surface area contributed by atoms with Gasteiger partial charge in [0, 0.05) is 45.8 Å². The Hall–Kier alpha value is -4.37. The van der Waals surface area contributed by atoms with E-state index in [0.717, 1.165) is 12.0 Å². The van der Waals surface area contributed by atoms with Crippen LogP contribution in [0.4, 0.5) is 4.79 Å². The van der Waals surface area contributed by atoms with Crippen LogP contribution in [0.3, 0.4) is 0 Å². The molecule has 1 aliphatic heterocycles. The van der Waals surface area contributed by atoms with E-state index < -0.39 is 48.2 Å². The minimum Gasteiger partial charge on any atom is -0.493 e. The Kier molecular flexibility index (Phi) is 16.4. The number of nitrogens with two attached hydrogens (primary N) is 1. The molecule has 3 rings (SSSR count). The molecular weight excluding hydrogens is 686 g/mol. The number of aromatic nitrogens is 2. The van der Waals surface area contributed by atoms with Gasteiger partial charge in [-0.1, -0.05) is 33.8 Å². The zero-order chi connectivity index (χ0) is 39.3. The van der Waals surface area contributed by atoms with E-state index in [0.29, 0.717) is 44.0 Å². The van der Waals surface area contributed by atoms with Crippen molar-refractivity contribution in [1.29, 1.82) is 0 Å². The zero-order valence-corrected chi connectivity index (χ0v) is 32.7. The highest BCUT2D eigenvalue weighted by molar-refractivity contribution is 5.87. The molecule has 1 aromatic heterocycles. The predicted molar refractivity (Wildman–Crippen MR) is 196 cm³/mol. The summed E-state index contributed by atoms with van der Waals surface area (Å²) < 4.78 is 35.2. The molecule has 4 unspecified atom stereocenters. The average Bonchev–Trinajstić information content (AvgIpc) is 3.73. The normalized spacial score (nSPS) is 17.1. The molecule has 0 radical (unpaired) electrons. The van der Waals surface area contributed by atoms with Crippen LogP contribution in [0.2, 0.25) is 0 Å². The lowest BCUT2D eigenvalue weighted by atomic mass is 9.80. The highest BCUT2D eigenvalue weighted by atomic mass is 16.7. The monoisotopic (exact) mass is 745 g/mol. The van der Waals surface area contributed by atoms with E-state index in [-0.39, 0.29) is 42.6 Å². The van der Waals surface area contributed by atoms with Crippen LogP contribution in [0.25, 0.3) is 0 Å². The molecule has 2 heterocycles. The smallest absolute Gasteiger partial charge is 0.414 e. The number of nitrogens with one attached hydrogen (secondary N) is 1. The van der Waals surface area contributed by atoms with Gasteiger partial charge in [0.2, 0.25) is 18.6 Å². The Morgan fingerprint density at radius 1 is 1.04 bits per heavy atom. The number of primary amides is 1. The van der Waals surface area contributed by atoms with Gasteiger partial charge in [-0.05, 0) is 68.6 Å². The van der Waals surface area contributed by atoms with Crippen molar-refractivity contribution in [1.82, 2.24) is 19.8 Å². The van der Waals surface area contributed by atoms with Crippen molar-refractivity contribution < 1.29 is 47.6 Å². The summed E-state index contributed by atoms with van der Waals surface area (Å²) in [5, 5.41) is 2.91. The molecule has 2 aromatic rings. The van der Waals surface area contributed by atoms with E-state index in [1.54, 1.807) is 39.7 Å². The summed E-state index contributed by atoms with van der Waals surface area (Å²) >= 11 is 0. The SMILES string of the molecule is COCCCOc1cc(CC(CC2C(CC(C(=O)NCC(C)(C)C(N)=O)C(C)C)OCN2C(=O)OCOC(=O)c2cn(C)cn2)C(C)C)ccc1OC. The van der Waals surface area contributed by atoms with Gasteiger partial charge >= 0.3 is 12.1 Å². The number of ether oxygens (including phenoxy) is 6. The van der Waals surface area contributed by atoms with Crippen LogP contribution in [0.5, 0.6) is 11.5 Å². The standard InChI is InChI=1S/C38H59N5O10/c1-24(2)27(15-26-11-12-31(49-9)33(16-26)50-14-10-13-48-8)17-30-32(18-28(25(3)4)34(44)40-20-38(5,6)36(39)46)51-22-43(30)37(47)53-23-52-35(45)29-19-42(7)21-41-29/h11-12,16,19,21,24-25,27-28,30,32H,10,13-15,17-18,20,22-23H2,1-9H3,(H2,39,46)(H,40,44). The van der Waals surface area contributed by atoms with E-state index in [2.05, 4.69) is 24.1 Å². The predicted octanol–water partition coefficient (Wildman–Crippen LogP) is 4.32. The van der Waals surface area contributed by atoms with Crippen molar-refractivity contribution in [2.75, 3.05) is 47.5 Å². The maximum Gasteiger partial charge on any atom is 0.414 e. The summed E-state index contributed by atoms with van der Waals surface area (Å²) in [5.41, 5.74) is 5.74. The van der Waals surface area contributed by atoms with Gasteiger partial charge in [-0.3, -0.25) is 14.5 Å². The van der Waals surface area contributed by atoms with Crippen molar-refractivity contribution in [2.24, 2.45) is 41.9 Å². The van der Waals surface area contributed by atoms with Crippen LogP contribution in [-0.2, 0) is 42.0 Å². The Morgan fingerprint density at radius 2 is 1.77 bits per heavy atom. The molecule has 0 saturated carbocycles. The Labute approximate surface area is 313 Å². The molecule has 4 atom stereocenters. The molecule has 1 aliphatic rings. The number of benzene rings is 1. The largest absolute Gasteiger partial charge is 0.493 e. The third-order valence-electron chi connectivity index (χ3n) is 9.74. The third-order valence-corrected chi connectivity index (χ3v) is 9.74. The van der Waals surface area contributed by atoms with Crippen LogP contribution in [0.1, 0.15) is 76.9 Å². The fourth-order valence-corrected chi connectivity index (χ4v) is 6.09. The first-order valence-electron chi connectivity index (χ1n) is 18.1. The minimum atomic E-state index is -0.926. The average molecular weight is 746 g/mol. The van der Waals surface area contributed by atoms with Crippen LogP contribution in [0, 0.1) is 29.1 Å². The minimum absolute atomic E-state index is 0.0684. The second kappa shape index (κ2) is 20.2. The molecule has 53 heavy (non-hydrogen) atoms. The highest BCUT2D eigenvalue weighted by Gasteiger charge is 2.43. The summed E-state index contributed by atoms with van der Waals surface area (Å²) in [6.45, 7) is 12.0. The van der Waals surface area contributed by atoms with Crippen LogP contribution in [-0.4, -0.2) is 98.0 Å². The Bertz CT molecular complexity index is 1510. The van der Waals surface area contributed by atoms with Gasteiger partial charge < -0.3 is 44.0 Å². The van der Waals surface area contributed by atoms with Gasteiger partial charge in [-0.25, -0.2) is 14.6 Å². The number of methoxy groups -OCH3 is 2. The second-order valence-electron chi connectivity index (χ2n) is 14.9. The lowest BCUT2D eigenvalue weighted by Crippen LogP contribution is -2.47. The number of rotatable bonds is 21. The number of hydrogen-bond acceptors (Lipinski definition) is 11. The molecule has 0 aliphatic carbocycles. The summed E-state index contributed by atoms with van der Waals surface area (Å²) in [7, 11) is 4.97. The molecule has 1 aromatic carbocycles. The number of amides is 3. The molecule has 0 spiro atoms. The molecule has 3 amide bonds. The van der Waals surface area contributed by atoms with Crippen molar-refractivity contribution in [2.45, 2.75) is 79.4 Å². The summed E-state index contributed by atoms with van der Waals surface area (Å²) in [6.07, 6.45) is 3.98. The van der Waals surface area contributed by atoms with Gasteiger partial charge in [-0.2, -0.15) is 0 Å². The molecule has 3 N–H and O–H groups in total. The summed E-state index contributed by atoms with van der Waals surface area (Å²) in [6, 6.07) is 5.41. The van der Waals surface area contributed by atoms with Crippen molar-refractivity contribution in [3.05, 3.63) is 42.0 Å². The quantitative estimate of drug-likeness (QED) is 0.106. The van der Waals surface area contributed by atoms with Gasteiger partial charge in [0.15, 0.2) is 17.2 Å². The first kappa shape index (κ1) is 43.0. The topological polar surface area (TPSA) is 183 Å². The number of hydrogen-bond donors (Lipinski definition) is 2. The van der Waals surface area contributed by atoms with Gasteiger partial charge in [0.1, 0.15) is 6.73 Å². The molecule has 0 bridgehead atoms. The summed E-state index contributed by atoms with van der Waals surface area (Å²) in [4.78, 5) is 56.9.